The minimum Gasteiger partial charge on any atom is -0.495 e. The number of carbonyl (C=O) groups excluding carboxylic acids is 2. The van der Waals surface area contributed by atoms with Crippen LogP contribution < -0.4 is 14.4 Å². The third kappa shape index (κ3) is 9.28. The number of amides is 2. The number of nitrogens with one attached hydrogen (secondary N) is 1. The van der Waals surface area contributed by atoms with Crippen LogP contribution in [0.3, 0.4) is 0 Å². The fraction of sp³-hybridized carbons (Fsp3) is 0.278. The summed E-state index contributed by atoms with van der Waals surface area (Å²) < 4.78 is 35.1. The Kier molecular flexibility index (Phi) is 12.3. The molecule has 0 spiro atoms. The number of benzene rings is 4. The van der Waals surface area contributed by atoms with Gasteiger partial charge in [0.15, 0.2) is 0 Å². The van der Waals surface area contributed by atoms with E-state index < -0.39 is 28.5 Å². The van der Waals surface area contributed by atoms with Gasteiger partial charge in [0.25, 0.3) is 10.0 Å². The van der Waals surface area contributed by atoms with E-state index in [1.807, 2.05) is 51.1 Å². The number of para-hydroxylation sites is 2. The highest BCUT2D eigenvalue weighted by Gasteiger charge is 2.35. The van der Waals surface area contributed by atoms with E-state index in [0.717, 1.165) is 15.4 Å². The molecule has 8 nitrogen and oxygen atoms in total. The minimum absolute atomic E-state index is 0.00773. The van der Waals surface area contributed by atoms with Crippen LogP contribution in [-0.2, 0) is 32.6 Å². The van der Waals surface area contributed by atoms with Crippen molar-refractivity contribution in [2.75, 3.05) is 24.5 Å². The van der Waals surface area contributed by atoms with Gasteiger partial charge in [-0.25, -0.2) is 8.42 Å². The molecule has 0 radical (unpaired) electrons. The summed E-state index contributed by atoms with van der Waals surface area (Å²) in [7, 11) is -2.84. The van der Waals surface area contributed by atoms with Crippen molar-refractivity contribution in [1.82, 2.24) is 10.2 Å². The first kappa shape index (κ1) is 35.8. The first-order valence-corrected chi connectivity index (χ1v) is 17.4. The van der Waals surface area contributed by atoms with Crippen molar-refractivity contribution < 1.29 is 22.7 Å². The van der Waals surface area contributed by atoms with Gasteiger partial charge in [0, 0.05) is 19.5 Å². The topological polar surface area (TPSA) is 96.0 Å². The van der Waals surface area contributed by atoms with E-state index in [1.54, 1.807) is 54.6 Å². The van der Waals surface area contributed by atoms with Gasteiger partial charge in [-0.05, 0) is 60.4 Å². The number of nitrogens with zero attached hydrogens (tertiary/aromatic N) is 2. The average molecular weight is 697 g/mol. The maximum absolute atomic E-state index is 14.6. The van der Waals surface area contributed by atoms with E-state index >= 15 is 0 Å². The second kappa shape index (κ2) is 16.2. The number of hydrogen-bond donors (Lipinski definition) is 1. The zero-order valence-electron chi connectivity index (χ0n) is 26.8. The van der Waals surface area contributed by atoms with Gasteiger partial charge in [0.2, 0.25) is 11.8 Å². The second-order valence-electron chi connectivity index (χ2n) is 11.6. The van der Waals surface area contributed by atoms with Crippen molar-refractivity contribution in [2.24, 2.45) is 5.92 Å². The van der Waals surface area contributed by atoms with Gasteiger partial charge in [-0.2, -0.15) is 0 Å². The standard InChI is InChI=1S/C36H39Cl2N3O5S/c1-25(2)22-39-36(43)33(21-27-10-6-5-7-11-27)40(23-28-16-19-30(37)31(38)20-28)35(42)24-41(32-12-8-9-13-34(32)46-4)47(44,45)29-17-14-26(3)15-18-29/h5-20,25,33H,21-24H2,1-4H3,(H,39,43)/t33-/m0/s1. The summed E-state index contributed by atoms with van der Waals surface area (Å²) in [5.74, 6) is -0.529. The number of ether oxygens (including phenoxy) is 1. The average Bonchev–Trinajstić information content (AvgIpc) is 3.06. The molecule has 11 heteroatoms. The molecule has 1 atom stereocenters. The SMILES string of the molecule is COc1ccccc1N(CC(=O)N(Cc1ccc(Cl)c(Cl)c1)[C@@H](Cc1ccccc1)C(=O)NCC(C)C)S(=O)(=O)c1ccc(C)cc1. The molecule has 0 saturated heterocycles. The number of hydrogen-bond acceptors (Lipinski definition) is 5. The number of aryl methyl sites for hydroxylation is 1. The second-order valence-corrected chi connectivity index (χ2v) is 14.3. The normalized spacial score (nSPS) is 12.0. The van der Waals surface area contributed by atoms with Crippen molar-refractivity contribution in [3.63, 3.8) is 0 Å². The molecule has 1 N–H and O–H groups in total. The molecule has 0 heterocycles. The Balaban J connectivity index is 1.84. The van der Waals surface area contributed by atoms with Crippen molar-refractivity contribution in [3.05, 3.63) is 124 Å². The summed E-state index contributed by atoms with van der Waals surface area (Å²) in [6.07, 6.45) is 0.192. The Hall–Kier alpha value is -4.05. The number of anilines is 1. The Morgan fingerprint density at radius 2 is 1.51 bits per heavy atom. The maximum Gasteiger partial charge on any atom is 0.264 e. The molecule has 0 unspecified atom stereocenters. The molecule has 47 heavy (non-hydrogen) atoms. The number of halogens is 2. The highest BCUT2D eigenvalue weighted by molar-refractivity contribution is 7.92. The highest BCUT2D eigenvalue weighted by Crippen LogP contribution is 2.33. The lowest BCUT2D eigenvalue weighted by Crippen LogP contribution is -2.53. The van der Waals surface area contributed by atoms with Gasteiger partial charge in [-0.15, -0.1) is 0 Å². The molecule has 2 amide bonds. The molecule has 248 valence electrons. The van der Waals surface area contributed by atoms with Crippen molar-refractivity contribution in [3.8, 4) is 5.75 Å². The largest absolute Gasteiger partial charge is 0.495 e. The van der Waals surface area contributed by atoms with Gasteiger partial charge in [0.1, 0.15) is 18.3 Å². The summed E-state index contributed by atoms with van der Waals surface area (Å²) in [6.45, 7) is 5.57. The van der Waals surface area contributed by atoms with E-state index in [9.17, 15) is 18.0 Å². The molecule has 0 fully saturated rings. The number of sulfonamides is 1. The summed E-state index contributed by atoms with van der Waals surface area (Å²) in [5, 5.41) is 3.61. The van der Waals surface area contributed by atoms with Crippen LogP contribution in [0, 0.1) is 12.8 Å². The van der Waals surface area contributed by atoms with Crippen LogP contribution >= 0.6 is 23.2 Å². The fourth-order valence-corrected chi connectivity index (χ4v) is 6.74. The Morgan fingerprint density at radius 1 is 0.851 bits per heavy atom. The van der Waals surface area contributed by atoms with Gasteiger partial charge < -0.3 is 15.0 Å². The Labute approximate surface area is 287 Å². The van der Waals surface area contributed by atoms with Crippen LogP contribution in [0.2, 0.25) is 10.0 Å². The fourth-order valence-electron chi connectivity index (χ4n) is 5.00. The molecule has 4 aromatic rings. The number of methoxy groups -OCH3 is 1. The molecule has 0 aliphatic carbocycles. The van der Waals surface area contributed by atoms with Crippen LogP contribution in [0.5, 0.6) is 5.75 Å². The van der Waals surface area contributed by atoms with Crippen LogP contribution in [0.25, 0.3) is 0 Å². The predicted octanol–water partition coefficient (Wildman–Crippen LogP) is 6.92. The summed E-state index contributed by atoms with van der Waals surface area (Å²) in [4.78, 5) is 30.0. The Bertz CT molecular complexity index is 1780. The minimum atomic E-state index is -4.28. The van der Waals surface area contributed by atoms with Crippen LogP contribution in [0.15, 0.2) is 102 Å². The monoisotopic (exact) mass is 695 g/mol. The molecular formula is C36H39Cl2N3O5S. The van der Waals surface area contributed by atoms with Gasteiger partial charge in [-0.3, -0.25) is 13.9 Å². The van der Waals surface area contributed by atoms with Crippen LogP contribution in [0.1, 0.15) is 30.5 Å². The molecular weight excluding hydrogens is 657 g/mol. The number of carbonyl (C=O) groups is 2. The molecule has 4 rings (SSSR count). The van der Waals surface area contributed by atoms with E-state index in [2.05, 4.69) is 5.32 Å². The zero-order valence-corrected chi connectivity index (χ0v) is 29.1. The predicted molar refractivity (Wildman–Crippen MR) is 187 cm³/mol. The maximum atomic E-state index is 14.6. The van der Waals surface area contributed by atoms with Crippen molar-refractivity contribution in [2.45, 2.75) is 44.7 Å². The molecule has 0 saturated carbocycles. The van der Waals surface area contributed by atoms with Gasteiger partial charge in [-0.1, -0.05) is 103 Å². The highest BCUT2D eigenvalue weighted by atomic mass is 35.5. The van der Waals surface area contributed by atoms with Crippen LogP contribution in [0.4, 0.5) is 5.69 Å². The van der Waals surface area contributed by atoms with Gasteiger partial charge in [0.05, 0.1) is 27.7 Å². The van der Waals surface area contributed by atoms with E-state index in [4.69, 9.17) is 27.9 Å². The summed E-state index contributed by atoms with van der Waals surface area (Å²) >= 11 is 12.5. The lowest BCUT2D eigenvalue weighted by molar-refractivity contribution is -0.140. The van der Waals surface area contributed by atoms with E-state index in [-0.39, 0.29) is 46.1 Å². The molecule has 0 aromatic heterocycles. The summed E-state index contributed by atoms with van der Waals surface area (Å²) in [5.41, 5.74) is 2.51. The molecule has 0 bridgehead atoms. The van der Waals surface area contributed by atoms with Crippen molar-refractivity contribution in [1.29, 1.82) is 0 Å². The third-order valence-corrected chi connectivity index (χ3v) is 10.0. The first-order chi connectivity index (χ1) is 22.4. The lowest BCUT2D eigenvalue weighted by Gasteiger charge is -2.34. The first-order valence-electron chi connectivity index (χ1n) is 15.2. The number of rotatable bonds is 14. The molecule has 4 aromatic carbocycles. The molecule has 0 aliphatic rings. The van der Waals surface area contributed by atoms with E-state index in [1.165, 1.54) is 24.1 Å². The quantitative estimate of drug-likeness (QED) is 0.155. The third-order valence-electron chi connectivity index (χ3n) is 7.53. The van der Waals surface area contributed by atoms with E-state index in [0.29, 0.717) is 17.1 Å². The summed E-state index contributed by atoms with van der Waals surface area (Å²) in [6, 6.07) is 26.3. The lowest BCUT2D eigenvalue weighted by atomic mass is 10.0. The zero-order chi connectivity index (χ0) is 34.1. The van der Waals surface area contributed by atoms with Crippen molar-refractivity contribution >= 4 is 50.7 Å². The van der Waals surface area contributed by atoms with Gasteiger partial charge >= 0.3 is 0 Å². The molecule has 0 aliphatic heterocycles. The van der Waals surface area contributed by atoms with Crippen LogP contribution in [-0.4, -0.2) is 51.4 Å². The smallest absolute Gasteiger partial charge is 0.264 e. The Morgan fingerprint density at radius 3 is 2.15 bits per heavy atom.